The van der Waals surface area contributed by atoms with Gasteiger partial charge in [-0.05, 0) is 58.4 Å². The van der Waals surface area contributed by atoms with Crippen LogP contribution < -0.4 is 4.74 Å². The second kappa shape index (κ2) is 7.44. The maximum absolute atomic E-state index is 12.0. The number of hydrogen-bond donors (Lipinski definition) is 0. The average molecular weight is 389 g/mol. The van der Waals surface area contributed by atoms with Crippen LogP contribution in [0.25, 0.3) is 6.08 Å². The largest absolute Gasteiger partial charge is 0.486 e. The second-order valence-electron chi connectivity index (χ2n) is 4.73. The minimum absolute atomic E-state index is 0.0424. The summed E-state index contributed by atoms with van der Waals surface area (Å²) in [5.41, 5.74) is 0. The van der Waals surface area contributed by atoms with Crippen LogP contribution in [0.15, 0.2) is 68.9 Å². The Hall–Kier alpha value is -2.11. The number of allylic oxidation sites excluding steroid dienone is 1. The van der Waals surface area contributed by atoms with Gasteiger partial charge >= 0.3 is 0 Å². The molecule has 3 aromatic rings. The zero-order valence-electron chi connectivity index (χ0n) is 12.1. The quantitative estimate of drug-likeness (QED) is 0.408. The zero-order valence-corrected chi connectivity index (χ0v) is 14.5. The minimum atomic E-state index is -0.0424. The van der Waals surface area contributed by atoms with Gasteiger partial charge in [-0.3, -0.25) is 4.79 Å². The number of carbonyl (C=O) groups is 1. The first kappa shape index (κ1) is 15.8. The van der Waals surface area contributed by atoms with Crippen LogP contribution in [0.1, 0.15) is 21.2 Å². The van der Waals surface area contributed by atoms with E-state index < -0.39 is 0 Å². The fraction of sp³-hybridized carbons (Fsp3) is 0.0556. The number of carbonyl (C=O) groups excluding carboxylic acids is 1. The Balaban J connectivity index is 1.58. The van der Waals surface area contributed by atoms with Gasteiger partial charge in [0, 0.05) is 9.85 Å². The Bertz CT molecular complexity index is 818. The van der Waals surface area contributed by atoms with Crippen LogP contribution in [-0.2, 0) is 6.61 Å². The maximum atomic E-state index is 12.0. The van der Waals surface area contributed by atoms with Gasteiger partial charge in [-0.15, -0.1) is 11.3 Å². The first-order valence-corrected chi connectivity index (χ1v) is 8.61. The highest BCUT2D eigenvalue weighted by Crippen LogP contribution is 2.21. The van der Waals surface area contributed by atoms with Crippen LogP contribution in [0.4, 0.5) is 0 Å². The first-order valence-electron chi connectivity index (χ1n) is 6.94. The highest BCUT2D eigenvalue weighted by Gasteiger charge is 2.06. The Kier molecular flexibility index (Phi) is 5.10. The van der Waals surface area contributed by atoms with E-state index in [4.69, 9.17) is 9.15 Å². The highest BCUT2D eigenvalue weighted by molar-refractivity contribution is 9.10. The second-order valence-corrected chi connectivity index (χ2v) is 6.56. The summed E-state index contributed by atoms with van der Waals surface area (Å²) < 4.78 is 12.2. The molecule has 3 rings (SSSR count). The van der Waals surface area contributed by atoms with Crippen molar-refractivity contribution in [1.29, 1.82) is 0 Å². The minimum Gasteiger partial charge on any atom is -0.486 e. The number of thiophene rings is 1. The molecule has 0 bridgehead atoms. The molecule has 0 fully saturated rings. The monoisotopic (exact) mass is 388 g/mol. The van der Waals surface area contributed by atoms with Crippen molar-refractivity contribution in [3.8, 4) is 5.75 Å². The first-order chi connectivity index (χ1) is 11.2. The van der Waals surface area contributed by atoms with Gasteiger partial charge in [-0.2, -0.15) is 0 Å². The molecule has 0 saturated heterocycles. The Morgan fingerprint density at radius 2 is 2.04 bits per heavy atom. The molecule has 0 radical (unpaired) electrons. The lowest BCUT2D eigenvalue weighted by atomic mass is 10.3. The molecule has 116 valence electrons. The summed E-state index contributed by atoms with van der Waals surface area (Å²) in [4.78, 5) is 12.7. The average Bonchev–Trinajstić information content (AvgIpc) is 3.21. The molecule has 3 nitrogen and oxygen atoms in total. The number of ketones is 1. The predicted octanol–water partition coefficient (Wildman–Crippen LogP) is 5.58. The number of benzene rings is 1. The number of halogens is 1. The van der Waals surface area contributed by atoms with Crippen LogP contribution in [0.2, 0.25) is 0 Å². The predicted molar refractivity (Wildman–Crippen MR) is 94.9 cm³/mol. The summed E-state index contributed by atoms with van der Waals surface area (Å²) in [6.45, 7) is 0.351. The lowest BCUT2D eigenvalue weighted by Crippen LogP contribution is -1.92. The van der Waals surface area contributed by atoms with Gasteiger partial charge in [0.05, 0.1) is 4.88 Å². The molecule has 0 spiro atoms. The van der Waals surface area contributed by atoms with Crippen LogP contribution in [-0.4, -0.2) is 5.78 Å². The van der Waals surface area contributed by atoms with Crippen molar-refractivity contribution in [2.45, 2.75) is 6.61 Å². The lowest BCUT2D eigenvalue weighted by Gasteiger charge is -2.02. The third-order valence-electron chi connectivity index (χ3n) is 3.02. The van der Waals surface area contributed by atoms with Crippen molar-refractivity contribution < 1.29 is 13.9 Å². The van der Waals surface area contributed by atoms with E-state index in [0.29, 0.717) is 23.0 Å². The normalized spacial score (nSPS) is 11.0. The smallest absolute Gasteiger partial charge is 0.195 e. The van der Waals surface area contributed by atoms with E-state index in [-0.39, 0.29) is 5.78 Å². The van der Waals surface area contributed by atoms with E-state index in [0.717, 1.165) is 10.2 Å². The SMILES string of the molecule is O=C(/C=C/c1ccc(COc2ccccc2)o1)c1cc(Br)cs1. The molecule has 2 aromatic heterocycles. The van der Waals surface area contributed by atoms with Crippen molar-refractivity contribution in [3.63, 3.8) is 0 Å². The summed E-state index contributed by atoms with van der Waals surface area (Å²) in [7, 11) is 0. The number of para-hydroxylation sites is 1. The van der Waals surface area contributed by atoms with Crippen molar-refractivity contribution in [1.82, 2.24) is 0 Å². The number of furan rings is 1. The molecule has 1 aromatic carbocycles. The number of ether oxygens (including phenoxy) is 1. The van der Waals surface area contributed by atoms with Gasteiger partial charge in [0.25, 0.3) is 0 Å². The molecule has 5 heteroatoms. The summed E-state index contributed by atoms with van der Waals surface area (Å²) in [6.07, 6.45) is 3.18. The molecule has 2 heterocycles. The van der Waals surface area contributed by atoms with E-state index in [2.05, 4.69) is 15.9 Å². The topological polar surface area (TPSA) is 39.4 Å². The molecule has 0 unspecified atom stereocenters. The standard InChI is InChI=1S/C18H13BrO3S/c19-13-10-18(23-12-13)17(20)9-8-15-6-7-16(22-15)11-21-14-4-2-1-3-5-14/h1-10,12H,11H2/b9-8+. The Labute approximate surface area is 146 Å². The van der Waals surface area contributed by atoms with Gasteiger partial charge in [0.1, 0.15) is 23.9 Å². The van der Waals surface area contributed by atoms with Crippen molar-refractivity contribution >= 4 is 39.1 Å². The highest BCUT2D eigenvalue weighted by atomic mass is 79.9. The van der Waals surface area contributed by atoms with Crippen LogP contribution in [0.5, 0.6) is 5.75 Å². The summed E-state index contributed by atoms with van der Waals surface area (Å²) in [5, 5.41) is 1.88. The molecule has 0 aliphatic heterocycles. The van der Waals surface area contributed by atoms with Crippen molar-refractivity contribution in [2.75, 3.05) is 0 Å². The maximum Gasteiger partial charge on any atom is 0.195 e. The molecule has 0 N–H and O–H groups in total. The van der Waals surface area contributed by atoms with Gasteiger partial charge in [-0.25, -0.2) is 0 Å². The van der Waals surface area contributed by atoms with E-state index in [9.17, 15) is 4.79 Å². The fourth-order valence-electron chi connectivity index (χ4n) is 1.92. The molecule has 23 heavy (non-hydrogen) atoms. The van der Waals surface area contributed by atoms with Crippen LogP contribution >= 0.6 is 27.3 Å². The van der Waals surface area contributed by atoms with Crippen molar-refractivity contribution in [3.05, 3.63) is 80.9 Å². The zero-order chi connectivity index (χ0) is 16.1. The molecule has 0 aliphatic carbocycles. The lowest BCUT2D eigenvalue weighted by molar-refractivity contribution is 0.105. The molecule has 0 amide bonds. The van der Waals surface area contributed by atoms with Crippen LogP contribution in [0.3, 0.4) is 0 Å². The molecular weight excluding hydrogens is 376 g/mol. The van der Waals surface area contributed by atoms with Gasteiger partial charge in [-0.1, -0.05) is 18.2 Å². The molecule has 0 aliphatic rings. The number of rotatable bonds is 6. The summed E-state index contributed by atoms with van der Waals surface area (Å²) in [6, 6.07) is 15.0. The Morgan fingerprint density at radius 3 is 2.78 bits per heavy atom. The van der Waals surface area contributed by atoms with E-state index in [1.807, 2.05) is 47.8 Å². The third-order valence-corrected chi connectivity index (χ3v) is 4.72. The number of hydrogen-bond acceptors (Lipinski definition) is 4. The van der Waals surface area contributed by atoms with Gasteiger partial charge < -0.3 is 9.15 Å². The van der Waals surface area contributed by atoms with Gasteiger partial charge in [0.15, 0.2) is 5.78 Å². The van der Waals surface area contributed by atoms with Gasteiger partial charge in [0.2, 0.25) is 0 Å². The molecule has 0 saturated carbocycles. The third kappa shape index (κ3) is 4.43. The Morgan fingerprint density at radius 1 is 1.22 bits per heavy atom. The summed E-state index contributed by atoms with van der Waals surface area (Å²) in [5.74, 6) is 2.08. The van der Waals surface area contributed by atoms with E-state index in [1.54, 1.807) is 12.1 Å². The fourth-order valence-corrected chi connectivity index (χ4v) is 3.26. The van der Waals surface area contributed by atoms with Crippen molar-refractivity contribution in [2.24, 2.45) is 0 Å². The summed E-state index contributed by atoms with van der Waals surface area (Å²) >= 11 is 4.74. The molecular formula is C18H13BrO3S. The van der Waals surface area contributed by atoms with E-state index in [1.165, 1.54) is 17.4 Å². The molecule has 0 atom stereocenters. The van der Waals surface area contributed by atoms with Crippen LogP contribution in [0, 0.1) is 0 Å². The van der Waals surface area contributed by atoms with E-state index >= 15 is 0 Å².